The molecule has 112 valence electrons. The molecule has 1 aliphatic rings. The Morgan fingerprint density at radius 3 is 2.95 bits per heavy atom. The van der Waals surface area contributed by atoms with Gasteiger partial charge in [0.05, 0.1) is 0 Å². The molecule has 1 fully saturated rings. The van der Waals surface area contributed by atoms with Crippen molar-refractivity contribution >= 4 is 0 Å². The van der Waals surface area contributed by atoms with Gasteiger partial charge in [-0.2, -0.15) is 15.4 Å². The quantitative estimate of drug-likeness (QED) is 0.881. The van der Waals surface area contributed by atoms with Crippen LogP contribution in [0.15, 0.2) is 30.3 Å². The van der Waals surface area contributed by atoms with Gasteiger partial charge in [-0.1, -0.05) is 30.3 Å². The molecule has 2 heterocycles. The lowest BCUT2D eigenvalue weighted by molar-refractivity contribution is 0.206. The number of rotatable bonds is 5. The summed E-state index contributed by atoms with van der Waals surface area (Å²) in [7, 11) is 2.21. The van der Waals surface area contributed by atoms with Crippen molar-refractivity contribution in [2.45, 2.75) is 19.4 Å². The van der Waals surface area contributed by atoms with Crippen LogP contribution in [0.1, 0.15) is 18.5 Å². The summed E-state index contributed by atoms with van der Waals surface area (Å²) in [5.74, 6) is 0.746. The van der Waals surface area contributed by atoms with Crippen LogP contribution in [0.4, 0.5) is 0 Å². The van der Waals surface area contributed by atoms with Crippen LogP contribution in [0.2, 0.25) is 0 Å². The van der Waals surface area contributed by atoms with Crippen LogP contribution in [-0.2, 0) is 6.54 Å². The lowest BCUT2D eigenvalue weighted by atomic mass is 9.98. The molecule has 0 radical (unpaired) electrons. The average molecular weight is 285 g/mol. The van der Waals surface area contributed by atoms with Crippen molar-refractivity contribution in [1.82, 2.24) is 25.6 Å². The monoisotopic (exact) mass is 285 g/mol. The van der Waals surface area contributed by atoms with E-state index in [1.54, 1.807) is 0 Å². The van der Waals surface area contributed by atoms with E-state index < -0.39 is 0 Å². The third-order valence-electron chi connectivity index (χ3n) is 4.11. The second-order valence-electron chi connectivity index (χ2n) is 5.89. The smallest absolute Gasteiger partial charge is 0.117 e. The van der Waals surface area contributed by atoms with Gasteiger partial charge < -0.3 is 10.2 Å². The van der Waals surface area contributed by atoms with Gasteiger partial charge in [-0.25, -0.2) is 0 Å². The maximum absolute atomic E-state index is 4.28. The summed E-state index contributed by atoms with van der Waals surface area (Å²) in [4.78, 5) is 2.42. The van der Waals surface area contributed by atoms with Gasteiger partial charge in [0.1, 0.15) is 11.4 Å². The van der Waals surface area contributed by atoms with Gasteiger partial charge in [0.15, 0.2) is 0 Å². The Labute approximate surface area is 125 Å². The second kappa shape index (κ2) is 6.83. The van der Waals surface area contributed by atoms with E-state index in [0.29, 0.717) is 0 Å². The summed E-state index contributed by atoms with van der Waals surface area (Å²) in [5.41, 5.74) is 3.05. The molecular formula is C16H23N5. The third-order valence-corrected chi connectivity index (χ3v) is 4.11. The first-order chi connectivity index (χ1) is 10.3. The SMILES string of the molecule is CN1CCCC(CNCc2n[nH]nc2-c2ccccc2)C1. The molecule has 2 N–H and O–H groups in total. The number of nitrogens with zero attached hydrogens (tertiary/aromatic N) is 3. The number of aromatic amines is 1. The predicted molar refractivity (Wildman–Crippen MR) is 83.7 cm³/mol. The Morgan fingerprint density at radius 2 is 2.14 bits per heavy atom. The molecule has 1 saturated heterocycles. The normalized spacial score (nSPS) is 19.8. The summed E-state index contributed by atoms with van der Waals surface area (Å²) >= 11 is 0. The molecule has 2 aromatic rings. The van der Waals surface area contributed by atoms with E-state index in [-0.39, 0.29) is 0 Å². The van der Waals surface area contributed by atoms with Gasteiger partial charge in [-0.05, 0) is 38.9 Å². The van der Waals surface area contributed by atoms with Gasteiger partial charge in [-0.3, -0.25) is 0 Å². The minimum absolute atomic E-state index is 0.746. The number of nitrogens with one attached hydrogen (secondary N) is 2. The van der Waals surface area contributed by atoms with Crippen LogP contribution in [-0.4, -0.2) is 47.0 Å². The molecule has 0 bridgehead atoms. The van der Waals surface area contributed by atoms with Gasteiger partial charge in [0.25, 0.3) is 0 Å². The van der Waals surface area contributed by atoms with E-state index in [0.717, 1.165) is 36.0 Å². The van der Waals surface area contributed by atoms with Crippen molar-refractivity contribution in [3.8, 4) is 11.3 Å². The van der Waals surface area contributed by atoms with Crippen LogP contribution in [0.5, 0.6) is 0 Å². The molecule has 1 aromatic carbocycles. The average Bonchev–Trinajstić information content (AvgIpc) is 2.97. The maximum atomic E-state index is 4.28. The number of piperidine rings is 1. The van der Waals surface area contributed by atoms with E-state index in [1.807, 2.05) is 18.2 Å². The molecule has 5 heteroatoms. The van der Waals surface area contributed by atoms with Crippen molar-refractivity contribution < 1.29 is 0 Å². The zero-order chi connectivity index (χ0) is 14.5. The Morgan fingerprint density at radius 1 is 1.29 bits per heavy atom. The van der Waals surface area contributed by atoms with Gasteiger partial charge in [0, 0.05) is 18.7 Å². The first-order valence-corrected chi connectivity index (χ1v) is 7.67. The molecular weight excluding hydrogens is 262 g/mol. The molecule has 0 aliphatic carbocycles. The van der Waals surface area contributed by atoms with Crippen LogP contribution < -0.4 is 5.32 Å². The second-order valence-corrected chi connectivity index (χ2v) is 5.89. The van der Waals surface area contributed by atoms with E-state index in [4.69, 9.17) is 0 Å². The summed E-state index contributed by atoms with van der Waals surface area (Å²) < 4.78 is 0. The molecule has 5 nitrogen and oxygen atoms in total. The molecule has 0 spiro atoms. The van der Waals surface area contributed by atoms with Crippen LogP contribution >= 0.6 is 0 Å². The highest BCUT2D eigenvalue weighted by atomic mass is 15.3. The van der Waals surface area contributed by atoms with Crippen LogP contribution in [0, 0.1) is 5.92 Å². The Balaban J connectivity index is 1.55. The number of benzene rings is 1. The molecule has 0 amide bonds. The van der Waals surface area contributed by atoms with Gasteiger partial charge in [-0.15, -0.1) is 0 Å². The minimum atomic E-state index is 0.746. The summed E-state index contributed by atoms with van der Waals surface area (Å²) in [5, 5.41) is 14.8. The maximum Gasteiger partial charge on any atom is 0.117 e. The van der Waals surface area contributed by atoms with E-state index >= 15 is 0 Å². The standard InChI is InChI=1S/C16H23N5/c1-21-9-5-6-13(12-21)10-17-11-15-16(19-20-18-15)14-7-3-2-4-8-14/h2-4,7-8,13,17H,5-6,9-12H2,1H3,(H,18,19,20). The fourth-order valence-electron chi connectivity index (χ4n) is 3.04. The third kappa shape index (κ3) is 3.68. The molecule has 3 rings (SSSR count). The minimum Gasteiger partial charge on any atom is -0.311 e. The zero-order valence-corrected chi connectivity index (χ0v) is 12.5. The molecule has 0 saturated carbocycles. The summed E-state index contributed by atoms with van der Waals surface area (Å²) in [6, 6.07) is 10.2. The lowest BCUT2D eigenvalue weighted by Gasteiger charge is -2.29. The lowest BCUT2D eigenvalue weighted by Crippen LogP contribution is -2.37. The number of likely N-dealkylation sites (tertiary alicyclic amines) is 1. The number of aromatic nitrogens is 3. The first kappa shape index (κ1) is 14.2. The molecule has 1 aromatic heterocycles. The summed E-state index contributed by atoms with van der Waals surface area (Å²) in [6.07, 6.45) is 2.63. The van der Waals surface area contributed by atoms with Crippen LogP contribution in [0.25, 0.3) is 11.3 Å². The molecule has 1 unspecified atom stereocenters. The molecule has 1 aliphatic heterocycles. The van der Waals surface area contributed by atoms with Crippen molar-refractivity contribution in [2.75, 3.05) is 26.7 Å². The zero-order valence-electron chi connectivity index (χ0n) is 12.5. The van der Waals surface area contributed by atoms with E-state index in [9.17, 15) is 0 Å². The van der Waals surface area contributed by atoms with Crippen molar-refractivity contribution in [3.05, 3.63) is 36.0 Å². The number of H-pyrrole nitrogens is 1. The number of hydrogen-bond acceptors (Lipinski definition) is 4. The predicted octanol–water partition coefficient (Wildman–Crippen LogP) is 1.90. The Kier molecular flexibility index (Phi) is 4.62. The summed E-state index contributed by atoms with van der Waals surface area (Å²) in [6.45, 7) is 4.24. The number of hydrogen-bond donors (Lipinski definition) is 2. The fourth-order valence-corrected chi connectivity index (χ4v) is 3.04. The Hall–Kier alpha value is -1.72. The first-order valence-electron chi connectivity index (χ1n) is 7.67. The Bertz CT molecular complexity index is 551. The van der Waals surface area contributed by atoms with E-state index in [1.165, 1.54) is 25.9 Å². The van der Waals surface area contributed by atoms with Crippen molar-refractivity contribution in [1.29, 1.82) is 0 Å². The van der Waals surface area contributed by atoms with Gasteiger partial charge in [0.2, 0.25) is 0 Å². The van der Waals surface area contributed by atoms with Crippen molar-refractivity contribution in [2.24, 2.45) is 5.92 Å². The molecule has 1 atom stereocenters. The molecule has 21 heavy (non-hydrogen) atoms. The fraction of sp³-hybridized carbons (Fsp3) is 0.500. The van der Waals surface area contributed by atoms with Crippen LogP contribution in [0.3, 0.4) is 0 Å². The highest BCUT2D eigenvalue weighted by Gasteiger charge is 2.17. The van der Waals surface area contributed by atoms with E-state index in [2.05, 4.69) is 44.8 Å². The van der Waals surface area contributed by atoms with Gasteiger partial charge >= 0.3 is 0 Å². The topological polar surface area (TPSA) is 56.8 Å². The van der Waals surface area contributed by atoms with Crippen molar-refractivity contribution in [3.63, 3.8) is 0 Å². The highest BCUT2D eigenvalue weighted by Crippen LogP contribution is 2.19. The largest absolute Gasteiger partial charge is 0.311 e. The highest BCUT2D eigenvalue weighted by molar-refractivity contribution is 5.60.